The van der Waals surface area contributed by atoms with Gasteiger partial charge in [0.05, 0.1) is 12.2 Å². The number of benzene rings is 1. The van der Waals surface area contributed by atoms with Gasteiger partial charge in [-0.3, -0.25) is 4.90 Å². The highest BCUT2D eigenvalue weighted by Gasteiger charge is 2.48. The molecule has 0 bridgehead atoms. The Labute approximate surface area is 194 Å². The van der Waals surface area contributed by atoms with Gasteiger partial charge >= 0.3 is 6.09 Å². The van der Waals surface area contributed by atoms with Gasteiger partial charge in [0.1, 0.15) is 28.7 Å². The molecule has 1 saturated carbocycles. The lowest BCUT2D eigenvalue weighted by Gasteiger charge is -2.35. The summed E-state index contributed by atoms with van der Waals surface area (Å²) in [6.45, 7) is 0.968. The van der Waals surface area contributed by atoms with E-state index in [2.05, 4.69) is 20.5 Å². The van der Waals surface area contributed by atoms with Crippen molar-refractivity contribution in [2.45, 2.75) is 31.3 Å². The first-order valence-electron chi connectivity index (χ1n) is 11.1. The molecule has 1 aromatic carbocycles. The van der Waals surface area contributed by atoms with Crippen molar-refractivity contribution in [1.29, 1.82) is 0 Å². The molecule has 176 valence electrons. The van der Waals surface area contributed by atoms with Crippen LogP contribution in [0.1, 0.15) is 25.7 Å². The molecule has 3 aromatic rings. The van der Waals surface area contributed by atoms with Crippen molar-refractivity contribution >= 4 is 17.6 Å². The number of nitrogens with zero attached hydrogens (tertiary/aromatic N) is 4. The minimum atomic E-state index is -0.691. The number of pyridine rings is 1. The van der Waals surface area contributed by atoms with Crippen molar-refractivity contribution in [3.05, 3.63) is 66.2 Å². The molecule has 0 atom stereocenters. The lowest BCUT2D eigenvalue weighted by Crippen LogP contribution is -2.39. The van der Waals surface area contributed by atoms with E-state index < -0.39 is 29.3 Å². The van der Waals surface area contributed by atoms with Crippen LogP contribution < -0.4 is 10.2 Å². The fourth-order valence-electron chi connectivity index (χ4n) is 4.59. The van der Waals surface area contributed by atoms with Gasteiger partial charge in [-0.15, -0.1) is 10.2 Å². The van der Waals surface area contributed by atoms with E-state index in [0.29, 0.717) is 48.9 Å². The molecule has 0 unspecified atom stereocenters. The van der Waals surface area contributed by atoms with Crippen LogP contribution in [0.3, 0.4) is 0 Å². The molecule has 1 aliphatic carbocycles. The molecule has 1 N–H and O–H groups in total. The van der Waals surface area contributed by atoms with Gasteiger partial charge < -0.3 is 10.1 Å². The van der Waals surface area contributed by atoms with Crippen LogP contribution in [0.2, 0.25) is 0 Å². The first-order chi connectivity index (χ1) is 16.4. The van der Waals surface area contributed by atoms with Gasteiger partial charge in [0, 0.05) is 24.4 Å². The molecule has 2 fully saturated rings. The Morgan fingerprint density at radius 2 is 1.82 bits per heavy atom. The number of hydrogen-bond donors (Lipinski definition) is 1. The normalized spacial score (nSPS) is 22.1. The summed E-state index contributed by atoms with van der Waals surface area (Å²) in [7, 11) is 0. The Morgan fingerprint density at radius 1 is 1.06 bits per heavy atom. The first kappa shape index (κ1) is 22.1. The molecule has 5 rings (SSSR count). The highest BCUT2D eigenvalue weighted by Crippen LogP contribution is 2.41. The van der Waals surface area contributed by atoms with Crippen molar-refractivity contribution in [3.8, 4) is 11.3 Å². The summed E-state index contributed by atoms with van der Waals surface area (Å²) in [5.74, 6) is -1.13. The maximum absolute atomic E-state index is 14.0. The van der Waals surface area contributed by atoms with E-state index in [1.165, 1.54) is 29.3 Å². The summed E-state index contributed by atoms with van der Waals surface area (Å²) in [5.41, 5.74) is 0.218. The average Bonchev–Trinajstić information content (AvgIpc) is 3.14. The van der Waals surface area contributed by atoms with Gasteiger partial charge in [-0.2, -0.15) is 4.39 Å². The third-order valence-electron chi connectivity index (χ3n) is 6.41. The molecule has 34 heavy (non-hydrogen) atoms. The van der Waals surface area contributed by atoms with E-state index in [-0.39, 0.29) is 5.69 Å². The molecular formula is C24H22F3N5O2. The van der Waals surface area contributed by atoms with E-state index in [4.69, 9.17) is 4.74 Å². The number of rotatable bonds is 5. The Balaban J connectivity index is 1.15. The second-order valence-corrected chi connectivity index (χ2v) is 8.74. The minimum absolute atomic E-state index is 0.135. The second-order valence-electron chi connectivity index (χ2n) is 8.74. The Hall–Kier alpha value is -3.69. The fraction of sp³-hybridized carbons (Fsp3) is 0.333. The van der Waals surface area contributed by atoms with E-state index >= 15 is 0 Å². The lowest BCUT2D eigenvalue weighted by atomic mass is 9.78. The molecule has 7 nitrogen and oxygen atoms in total. The fourth-order valence-corrected chi connectivity index (χ4v) is 4.59. The van der Waals surface area contributed by atoms with Crippen LogP contribution in [-0.2, 0) is 4.74 Å². The third-order valence-corrected chi connectivity index (χ3v) is 6.41. The number of nitrogens with one attached hydrogen (secondary N) is 1. The molecule has 1 spiro atoms. The van der Waals surface area contributed by atoms with E-state index in [0.717, 1.165) is 18.9 Å². The Kier molecular flexibility index (Phi) is 5.80. The highest BCUT2D eigenvalue weighted by molar-refractivity contribution is 5.90. The van der Waals surface area contributed by atoms with Crippen LogP contribution in [0.5, 0.6) is 0 Å². The van der Waals surface area contributed by atoms with Gasteiger partial charge in [0.25, 0.3) is 0 Å². The average molecular weight is 469 g/mol. The summed E-state index contributed by atoms with van der Waals surface area (Å²) >= 11 is 0. The highest BCUT2D eigenvalue weighted by atomic mass is 19.1. The second kappa shape index (κ2) is 8.92. The van der Waals surface area contributed by atoms with Crippen LogP contribution in [0.25, 0.3) is 11.3 Å². The van der Waals surface area contributed by atoms with Crippen LogP contribution >= 0.6 is 0 Å². The van der Waals surface area contributed by atoms with Crippen LogP contribution in [0, 0.1) is 23.5 Å². The maximum atomic E-state index is 14.0. The number of hydrogen-bond acceptors (Lipinski definition) is 6. The maximum Gasteiger partial charge on any atom is 0.415 e. The van der Waals surface area contributed by atoms with Crippen LogP contribution in [0.15, 0.2) is 48.7 Å². The van der Waals surface area contributed by atoms with Gasteiger partial charge in [-0.05, 0) is 68.0 Å². The minimum Gasteiger partial charge on any atom is -0.441 e. The topological polar surface area (TPSA) is 80.2 Å². The molecule has 10 heteroatoms. The summed E-state index contributed by atoms with van der Waals surface area (Å²) in [6.07, 6.45) is 3.82. The quantitative estimate of drug-likeness (QED) is 0.533. The molecule has 1 aliphatic heterocycles. The molecule has 0 radical (unpaired) electrons. The molecule has 2 aliphatic rings. The third kappa shape index (κ3) is 4.52. The smallest absolute Gasteiger partial charge is 0.415 e. The molecule has 2 aromatic heterocycles. The lowest BCUT2D eigenvalue weighted by molar-refractivity contribution is 0.0148. The molecular weight excluding hydrogens is 447 g/mol. The number of amides is 1. The summed E-state index contributed by atoms with van der Waals surface area (Å²) < 4.78 is 46.6. The van der Waals surface area contributed by atoms with Crippen molar-refractivity contribution in [2.75, 3.05) is 23.3 Å². The number of carbonyl (C=O) groups excluding carboxylic acids is 1. The van der Waals surface area contributed by atoms with Crippen LogP contribution in [-0.4, -0.2) is 40.0 Å². The Bertz CT molecular complexity index is 1180. The number of halogens is 3. The summed E-state index contributed by atoms with van der Waals surface area (Å²) in [5, 5.41) is 11.4. The zero-order valence-corrected chi connectivity index (χ0v) is 18.2. The van der Waals surface area contributed by atoms with Gasteiger partial charge in [0.15, 0.2) is 0 Å². The van der Waals surface area contributed by atoms with E-state index in [1.807, 2.05) is 0 Å². The molecule has 1 amide bonds. The number of ether oxygens (including phenoxy) is 1. The number of aromatic nitrogens is 3. The van der Waals surface area contributed by atoms with E-state index in [9.17, 15) is 18.0 Å². The van der Waals surface area contributed by atoms with Gasteiger partial charge in [-0.25, -0.2) is 18.6 Å². The largest absolute Gasteiger partial charge is 0.441 e. The Morgan fingerprint density at radius 3 is 2.50 bits per heavy atom. The first-order valence-corrected chi connectivity index (χ1v) is 11.1. The van der Waals surface area contributed by atoms with Crippen molar-refractivity contribution < 1.29 is 22.7 Å². The zero-order chi connectivity index (χ0) is 23.7. The van der Waals surface area contributed by atoms with Crippen molar-refractivity contribution in [2.24, 2.45) is 5.92 Å². The van der Waals surface area contributed by atoms with Gasteiger partial charge in [0.2, 0.25) is 5.95 Å². The summed E-state index contributed by atoms with van der Waals surface area (Å²) in [4.78, 5) is 17.3. The number of anilines is 2. The standard InChI is InChI=1S/C24H22F3N5O2/c25-17-10-16(11-18(26)12-17)19-3-4-21(31-30-19)29-13-15-5-7-24(8-6-15)14-32(23(33)34-24)20-2-1-9-28-22(20)27/h1-4,9-12,15H,5-8,13-14H2,(H,29,31)/t15-,24-. The predicted molar refractivity (Wildman–Crippen MR) is 119 cm³/mol. The molecule has 3 heterocycles. The van der Waals surface area contributed by atoms with Crippen molar-refractivity contribution in [1.82, 2.24) is 15.2 Å². The van der Waals surface area contributed by atoms with Crippen molar-refractivity contribution in [3.63, 3.8) is 0 Å². The van der Waals surface area contributed by atoms with Gasteiger partial charge in [-0.1, -0.05) is 0 Å². The number of carbonyl (C=O) groups is 1. The molecule has 1 saturated heterocycles. The van der Waals surface area contributed by atoms with Crippen LogP contribution in [0.4, 0.5) is 29.5 Å². The predicted octanol–water partition coefficient (Wildman–Crippen LogP) is 4.95. The monoisotopic (exact) mass is 469 g/mol. The van der Waals surface area contributed by atoms with E-state index in [1.54, 1.807) is 18.2 Å². The SMILES string of the molecule is O=C1O[C@]2(CC[C@H](CNc3ccc(-c4cc(F)cc(F)c4)nn3)CC2)CN1c1cccnc1F. The zero-order valence-electron chi connectivity index (χ0n) is 18.2. The summed E-state index contributed by atoms with van der Waals surface area (Å²) in [6, 6.07) is 9.70.